The fourth-order valence-corrected chi connectivity index (χ4v) is 2.87. The van der Waals surface area contributed by atoms with Gasteiger partial charge in [-0.2, -0.15) is 0 Å². The summed E-state index contributed by atoms with van der Waals surface area (Å²) in [4.78, 5) is 0.164. The van der Waals surface area contributed by atoms with Crippen LogP contribution in [0.25, 0.3) is 0 Å². The maximum Gasteiger partial charge on any atom is 0.240 e. The average Bonchev–Trinajstić information content (AvgIpc) is 2.38. The predicted octanol–water partition coefficient (Wildman–Crippen LogP) is 0.721. The molecule has 6 nitrogen and oxygen atoms in total. The van der Waals surface area contributed by atoms with E-state index in [9.17, 15) is 8.42 Å². The molecule has 0 radical (unpaired) electrons. The Balaban J connectivity index is 3.40. The number of sulfonamides is 1. The van der Waals surface area contributed by atoms with Gasteiger partial charge in [-0.05, 0) is 13.1 Å². The molecular formula is C12H20N2O4S. The Bertz CT molecular complexity index is 529. The van der Waals surface area contributed by atoms with Crippen molar-refractivity contribution < 1.29 is 17.9 Å². The lowest BCUT2D eigenvalue weighted by Gasteiger charge is -2.15. The Morgan fingerprint density at radius 1 is 1.21 bits per heavy atom. The van der Waals surface area contributed by atoms with Gasteiger partial charge in [0, 0.05) is 24.7 Å². The second-order valence-electron chi connectivity index (χ2n) is 3.85. The molecule has 2 N–H and O–H groups in total. The van der Waals surface area contributed by atoms with Gasteiger partial charge in [0.2, 0.25) is 10.0 Å². The molecule has 7 heteroatoms. The van der Waals surface area contributed by atoms with Gasteiger partial charge in [0.25, 0.3) is 0 Å². The summed E-state index contributed by atoms with van der Waals surface area (Å²) >= 11 is 0. The first-order valence-electron chi connectivity index (χ1n) is 5.89. The molecule has 0 atom stereocenters. The molecule has 108 valence electrons. The van der Waals surface area contributed by atoms with E-state index < -0.39 is 10.0 Å². The van der Waals surface area contributed by atoms with Gasteiger partial charge in [0.1, 0.15) is 0 Å². The molecule has 0 spiro atoms. The maximum absolute atomic E-state index is 12.0. The molecule has 0 heterocycles. The van der Waals surface area contributed by atoms with Gasteiger partial charge < -0.3 is 14.8 Å². The topological polar surface area (TPSA) is 76.7 Å². The molecule has 0 aliphatic carbocycles. The Morgan fingerprint density at radius 2 is 1.89 bits per heavy atom. The van der Waals surface area contributed by atoms with Crippen LogP contribution in [0.2, 0.25) is 0 Å². The quantitative estimate of drug-likeness (QED) is 0.773. The minimum Gasteiger partial charge on any atom is -0.493 e. The molecule has 0 aromatic heterocycles. The van der Waals surface area contributed by atoms with E-state index >= 15 is 0 Å². The highest BCUT2D eigenvalue weighted by molar-refractivity contribution is 7.89. The monoisotopic (exact) mass is 288 g/mol. The highest BCUT2D eigenvalue weighted by Crippen LogP contribution is 2.34. The van der Waals surface area contributed by atoms with Crippen molar-refractivity contribution in [2.24, 2.45) is 0 Å². The van der Waals surface area contributed by atoms with Crippen molar-refractivity contribution in [2.75, 3.05) is 27.8 Å². The third kappa shape index (κ3) is 3.59. The summed E-state index contributed by atoms with van der Waals surface area (Å²) in [7, 11) is 1.25. The lowest BCUT2D eigenvalue weighted by molar-refractivity contribution is 0.350. The van der Waals surface area contributed by atoms with Crippen LogP contribution >= 0.6 is 0 Å². The lowest BCUT2D eigenvalue weighted by atomic mass is 10.2. The summed E-state index contributed by atoms with van der Waals surface area (Å²) in [6.07, 6.45) is 0. The van der Waals surface area contributed by atoms with Crippen molar-refractivity contribution in [2.45, 2.75) is 18.4 Å². The lowest BCUT2D eigenvalue weighted by Crippen LogP contribution is -2.23. The Hall–Kier alpha value is -1.31. The molecule has 0 aliphatic rings. The summed E-state index contributed by atoms with van der Waals surface area (Å²) in [5.41, 5.74) is 0.723. The molecule has 1 aromatic carbocycles. The summed E-state index contributed by atoms with van der Waals surface area (Å²) < 4.78 is 37.0. The van der Waals surface area contributed by atoms with E-state index in [4.69, 9.17) is 9.47 Å². The molecule has 0 aliphatic heterocycles. The third-order valence-electron chi connectivity index (χ3n) is 2.54. The van der Waals surface area contributed by atoms with Crippen LogP contribution in [-0.4, -0.2) is 36.2 Å². The van der Waals surface area contributed by atoms with Gasteiger partial charge in [-0.1, -0.05) is 6.92 Å². The van der Waals surface area contributed by atoms with Crippen LogP contribution in [0.1, 0.15) is 12.5 Å². The van der Waals surface area contributed by atoms with E-state index in [1.807, 2.05) is 0 Å². The SMILES string of the molecule is CCNS(=O)(=O)c1cc(CNC)c(OC)c(OC)c1. The average molecular weight is 288 g/mol. The van der Waals surface area contributed by atoms with E-state index in [1.165, 1.54) is 20.3 Å². The van der Waals surface area contributed by atoms with Gasteiger partial charge in [-0.25, -0.2) is 13.1 Å². The first-order valence-corrected chi connectivity index (χ1v) is 7.37. The molecule has 0 amide bonds. The number of rotatable bonds is 7. The van der Waals surface area contributed by atoms with Gasteiger partial charge in [0.05, 0.1) is 19.1 Å². The Morgan fingerprint density at radius 3 is 2.37 bits per heavy atom. The predicted molar refractivity (Wildman–Crippen MR) is 73.2 cm³/mol. The second-order valence-corrected chi connectivity index (χ2v) is 5.62. The second kappa shape index (κ2) is 6.74. The standard InChI is InChI=1S/C12H20N2O4S/c1-5-14-19(15,16)10-6-9(8-13-2)12(18-4)11(7-10)17-3/h6-7,13-14H,5,8H2,1-4H3. The zero-order valence-corrected chi connectivity index (χ0v) is 12.4. The molecule has 0 saturated carbocycles. The van der Waals surface area contributed by atoms with Crippen LogP contribution < -0.4 is 19.5 Å². The largest absolute Gasteiger partial charge is 0.493 e. The molecule has 0 bridgehead atoms. The van der Waals surface area contributed by atoms with E-state index in [2.05, 4.69) is 10.0 Å². The zero-order valence-electron chi connectivity index (χ0n) is 11.6. The molecule has 1 rings (SSSR count). The van der Waals surface area contributed by atoms with Crippen LogP contribution in [0.4, 0.5) is 0 Å². The molecule has 1 aromatic rings. The molecule has 19 heavy (non-hydrogen) atoms. The minimum absolute atomic E-state index is 0.164. The maximum atomic E-state index is 12.0. The summed E-state index contributed by atoms with van der Waals surface area (Å²) in [5, 5.41) is 2.97. The van der Waals surface area contributed by atoms with E-state index in [1.54, 1.807) is 20.0 Å². The van der Waals surface area contributed by atoms with Crippen LogP contribution in [0.15, 0.2) is 17.0 Å². The molecule has 0 unspecified atom stereocenters. The van der Waals surface area contributed by atoms with Crippen molar-refractivity contribution in [3.8, 4) is 11.5 Å². The van der Waals surface area contributed by atoms with Crippen molar-refractivity contribution in [1.82, 2.24) is 10.0 Å². The van der Waals surface area contributed by atoms with Crippen molar-refractivity contribution in [1.29, 1.82) is 0 Å². The molecule has 0 fully saturated rings. The number of hydrogen-bond acceptors (Lipinski definition) is 5. The van der Waals surface area contributed by atoms with Crippen LogP contribution in [0.3, 0.4) is 0 Å². The van der Waals surface area contributed by atoms with E-state index in [0.29, 0.717) is 24.6 Å². The summed E-state index contributed by atoms with van der Waals surface area (Å²) in [6, 6.07) is 3.03. The number of benzene rings is 1. The van der Waals surface area contributed by atoms with Crippen LogP contribution in [-0.2, 0) is 16.6 Å². The minimum atomic E-state index is -3.52. The Kier molecular flexibility index (Phi) is 5.59. The van der Waals surface area contributed by atoms with Gasteiger partial charge >= 0.3 is 0 Å². The fourth-order valence-electron chi connectivity index (χ4n) is 1.77. The highest BCUT2D eigenvalue weighted by atomic mass is 32.2. The zero-order chi connectivity index (χ0) is 14.5. The summed E-state index contributed by atoms with van der Waals surface area (Å²) in [6.45, 7) is 2.54. The first-order chi connectivity index (χ1) is 9.00. The number of methoxy groups -OCH3 is 2. The summed E-state index contributed by atoms with van der Waals surface area (Å²) in [5.74, 6) is 0.930. The Labute approximate surface area is 114 Å². The van der Waals surface area contributed by atoms with Crippen molar-refractivity contribution in [3.63, 3.8) is 0 Å². The number of nitrogens with one attached hydrogen (secondary N) is 2. The molecule has 0 saturated heterocycles. The van der Waals surface area contributed by atoms with E-state index in [0.717, 1.165) is 5.56 Å². The van der Waals surface area contributed by atoms with Crippen LogP contribution in [0, 0.1) is 0 Å². The van der Waals surface area contributed by atoms with Gasteiger partial charge in [0.15, 0.2) is 11.5 Å². The van der Waals surface area contributed by atoms with Crippen molar-refractivity contribution >= 4 is 10.0 Å². The van der Waals surface area contributed by atoms with Crippen LogP contribution in [0.5, 0.6) is 11.5 Å². The van der Waals surface area contributed by atoms with Crippen molar-refractivity contribution in [3.05, 3.63) is 17.7 Å². The van der Waals surface area contributed by atoms with Gasteiger partial charge in [-0.15, -0.1) is 0 Å². The van der Waals surface area contributed by atoms with E-state index in [-0.39, 0.29) is 4.90 Å². The molecular weight excluding hydrogens is 268 g/mol. The van der Waals surface area contributed by atoms with Gasteiger partial charge in [-0.3, -0.25) is 0 Å². The normalized spacial score (nSPS) is 11.4. The highest BCUT2D eigenvalue weighted by Gasteiger charge is 2.19. The number of ether oxygens (including phenoxy) is 2. The smallest absolute Gasteiger partial charge is 0.240 e. The first kappa shape index (κ1) is 15.7. The fraction of sp³-hybridized carbons (Fsp3) is 0.500. The number of hydrogen-bond donors (Lipinski definition) is 2. The third-order valence-corrected chi connectivity index (χ3v) is 4.07.